The van der Waals surface area contributed by atoms with Gasteiger partial charge in [0.05, 0.1) is 4.90 Å². The van der Waals surface area contributed by atoms with Gasteiger partial charge in [0.25, 0.3) is 5.91 Å². The van der Waals surface area contributed by atoms with Gasteiger partial charge in [0.1, 0.15) is 5.69 Å². The lowest BCUT2D eigenvalue weighted by Gasteiger charge is -2.17. The first-order valence-corrected chi connectivity index (χ1v) is 9.21. The molecule has 0 unspecified atom stereocenters. The van der Waals surface area contributed by atoms with Gasteiger partial charge in [-0.2, -0.15) is 0 Å². The highest BCUT2D eigenvalue weighted by Crippen LogP contribution is 2.13. The molecule has 0 atom stereocenters. The van der Waals surface area contributed by atoms with Crippen molar-refractivity contribution in [2.75, 3.05) is 13.3 Å². The third-order valence-electron chi connectivity index (χ3n) is 3.51. The molecule has 2 aromatic rings. The van der Waals surface area contributed by atoms with E-state index in [1.165, 1.54) is 6.26 Å². The Bertz CT molecular complexity index is 799. The maximum Gasteiger partial charge on any atom is 0.272 e. The molecule has 0 aliphatic heterocycles. The fourth-order valence-electron chi connectivity index (χ4n) is 2.18. The topological polar surface area (TPSA) is 67.3 Å². The first-order chi connectivity index (χ1) is 10.8. The van der Waals surface area contributed by atoms with Crippen molar-refractivity contribution in [2.24, 2.45) is 0 Å². The van der Waals surface area contributed by atoms with E-state index in [2.05, 4.69) is 4.98 Å². The van der Waals surface area contributed by atoms with Crippen LogP contribution in [0.5, 0.6) is 0 Å². The molecule has 0 N–H and O–H groups in total. The van der Waals surface area contributed by atoms with Gasteiger partial charge >= 0.3 is 0 Å². The molecule has 1 heterocycles. The molecule has 23 heavy (non-hydrogen) atoms. The number of rotatable bonds is 5. The van der Waals surface area contributed by atoms with Crippen LogP contribution in [0.25, 0.3) is 0 Å². The van der Waals surface area contributed by atoms with Crippen LogP contribution in [-0.2, 0) is 22.8 Å². The molecule has 1 aromatic heterocycles. The Labute approximate surface area is 136 Å². The molecule has 0 saturated heterocycles. The van der Waals surface area contributed by atoms with E-state index in [1.54, 1.807) is 42.3 Å². The van der Waals surface area contributed by atoms with Gasteiger partial charge in [-0.25, -0.2) is 13.4 Å². The van der Waals surface area contributed by atoms with Crippen LogP contribution in [0.4, 0.5) is 0 Å². The van der Waals surface area contributed by atoms with Gasteiger partial charge in [-0.15, -0.1) is 0 Å². The van der Waals surface area contributed by atoms with Crippen molar-refractivity contribution in [1.82, 2.24) is 9.88 Å². The molecular weight excluding hydrogens is 312 g/mol. The van der Waals surface area contributed by atoms with Gasteiger partial charge in [-0.1, -0.05) is 25.1 Å². The molecule has 1 aromatic carbocycles. The Morgan fingerprint density at radius 2 is 1.78 bits per heavy atom. The van der Waals surface area contributed by atoms with Crippen LogP contribution in [-0.4, -0.2) is 37.5 Å². The zero-order valence-corrected chi connectivity index (χ0v) is 14.3. The molecule has 1 amide bonds. The number of benzene rings is 1. The summed E-state index contributed by atoms with van der Waals surface area (Å²) in [7, 11) is -1.50. The van der Waals surface area contributed by atoms with Crippen LogP contribution in [0.3, 0.4) is 0 Å². The van der Waals surface area contributed by atoms with Crippen molar-refractivity contribution in [2.45, 2.75) is 24.8 Å². The van der Waals surface area contributed by atoms with E-state index in [0.29, 0.717) is 12.2 Å². The molecule has 5 nitrogen and oxygen atoms in total. The third kappa shape index (κ3) is 4.39. The first-order valence-electron chi connectivity index (χ1n) is 7.31. The van der Waals surface area contributed by atoms with Crippen molar-refractivity contribution in [3.05, 3.63) is 59.4 Å². The van der Waals surface area contributed by atoms with Crippen molar-refractivity contribution in [3.63, 3.8) is 0 Å². The minimum atomic E-state index is -3.21. The van der Waals surface area contributed by atoms with Crippen LogP contribution in [0.1, 0.15) is 28.7 Å². The number of carbonyl (C=O) groups excluding carboxylic acids is 1. The smallest absolute Gasteiger partial charge is 0.272 e. The molecule has 2 rings (SSSR count). The molecule has 0 spiro atoms. The average molecular weight is 332 g/mol. The van der Waals surface area contributed by atoms with E-state index in [9.17, 15) is 13.2 Å². The molecule has 0 bridgehead atoms. The second kappa shape index (κ2) is 6.91. The Morgan fingerprint density at radius 1 is 1.13 bits per heavy atom. The average Bonchev–Trinajstić information content (AvgIpc) is 2.53. The maximum absolute atomic E-state index is 12.4. The van der Waals surface area contributed by atoms with Crippen LogP contribution < -0.4 is 0 Å². The summed E-state index contributed by atoms with van der Waals surface area (Å²) < 4.78 is 22.9. The van der Waals surface area contributed by atoms with Crippen molar-refractivity contribution in [1.29, 1.82) is 0 Å². The lowest BCUT2D eigenvalue weighted by Crippen LogP contribution is -2.27. The summed E-state index contributed by atoms with van der Waals surface area (Å²) >= 11 is 0. The summed E-state index contributed by atoms with van der Waals surface area (Å²) in [6, 6.07) is 12.0. The van der Waals surface area contributed by atoms with Gasteiger partial charge in [0.15, 0.2) is 9.84 Å². The fourth-order valence-corrected chi connectivity index (χ4v) is 2.81. The van der Waals surface area contributed by atoms with Gasteiger partial charge in [-0.05, 0) is 36.2 Å². The van der Waals surface area contributed by atoms with Gasteiger partial charge in [-0.3, -0.25) is 4.79 Å². The Morgan fingerprint density at radius 3 is 2.35 bits per heavy atom. The lowest BCUT2D eigenvalue weighted by molar-refractivity contribution is 0.0779. The minimum absolute atomic E-state index is 0.160. The molecule has 0 radical (unpaired) electrons. The number of nitrogens with zero attached hydrogens (tertiary/aromatic N) is 2. The van der Waals surface area contributed by atoms with Crippen LogP contribution >= 0.6 is 0 Å². The minimum Gasteiger partial charge on any atom is -0.336 e. The van der Waals surface area contributed by atoms with Crippen molar-refractivity contribution < 1.29 is 13.2 Å². The molecule has 6 heteroatoms. The van der Waals surface area contributed by atoms with Gasteiger partial charge in [0.2, 0.25) is 0 Å². The second-order valence-corrected chi connectivity index (χ2v) is 7.46. The second-order valence-electron chi connectivity index (χ2n) is 5.45. The molecule has 0 saturated carbocycles. The van der Waals surface area contributed by atoms with Gasteiger partial charge < -0.3 is 4.90 Å². The number of sulfone groups is 1. The summed E-state index contributed by atoms with van der Waals surface area (Å²) in [6.45, 7) is 2.38. The number of aryl methyl sites for hydroxylation is 1. The SMILES string of the molecule is CCc1cccc(C(=O)N(C)Cc2ccc(S(C)(=O)=O)cc2)n1. The molecule has 0 aliphatic rings. The Balaban J connectivity index is 2.11. The third-order valence-corrected chi connectivity index (χ3v) is 4.63. The van der Waals surface area contributed by atoms with Gasteiger partial charge in [0, 0.05) is 25.5 Å². The number of hydrogen-bond acceptors (Lipinski definition) is 4. The molecule has 0 fully saturated rings. The standard InChI is InChI=1S/C17H20N2O3S/c1-4-14-6-5-7-16(18-14)17(20)19(2)12-13-8-10-15(11-9-13)23(3,21)22/h5-11H,4,12H2,1-3H3. The van der Waals surface area contributed by atoms with Crippen LogP contribution in [0.15, 0.2) is 47.4 Å². The van der Waals surface area contributed by atoms with Crippen LogP contribution in [0.2, 0.25) is 0 Å². The highest BCUT2D eigenvalue weighted by atomic mass is 32.2. The summed E-state index contributed by atoms with van der Waals surface area (Å²) in [6.07, 6.45) is 1.95. The number of carbonyl (C=O) groups is 1. The molecule has 122 valence electrons. The summed E-state index contributed by atoms with van der Waals surface area (Å²) in [5.74, 6) is -0.160. The van der Waals surface area contributed by atoms with E-state index in [4.69, 9.17) is 0 Å². The Hall–Kier alpha value is -2.21. The number of aromatic nitrogens is 1. The maximum atomic E-state index is 12.4. The number of amides is 1. The summed E-state index contributed by atoms with van der Waals surface area (Å²) in [5.41, 5.74) is 2.15. The highest BCUT2D eigenvalue weighted by molar-refractivity contribution is 7.90. The monoisotopic (exact) mass is 332 g/mol. The van der Waals surface area contributed by atoms with Crippen molar-refractivity contribution in [3.8, 4) is 0 Å². The van der Waals surface area contributed by atoms with E-state index in [0.717, 1.165) is 17.7 Å². The van der Waals surface area contributed by atoms with E-state index < -0.39 is 9.84 Å². The fraction of sp³-hybridized carbons (Fsp3) is 0.294. The predicted molar refractivity (Wildman–Crippen MR) is 89.0 cm³/mol. The number of hydrogen-bond donors (Lipinski definition) is 0. The predicted octanol–water partition coefficient (Wildman–Crippen LogP) is 2.32. The zero-order chi connectivity index (χ0) is 17.0. The quantitative estimate of drug-likeness (QED) is 0.843. The normalized spacial score (nSPS) is 11.3. The zero-order valence-electron chi connectivity index (χ0n) is 13.5. The lowest BCUT2D eigenvalue weighted by atomic mass is 10.2. The van der Waals surface area contributed by atoms with Crippen LogP contribution in [0, 0.1) is 0 Å². The van der Waals surface area contributed by atoms with E-state index in [-0.39, 0.29) is 10.8 Å². The largest absolute Gasteiger partial charge is 0.336 e. The summed E-state index contributed by atoms with van der Waals surface area (Å²) in [4.78, 5) is 18.6. The van der Waals surface area contributed by atoms with Crippen molar-refractivity contribution >= 4 is 15.7 Å². The van der Waals surface area contributed by atoms with E-state index in [1.807, 2.05) is 19.1 Å². The Kier molecular flexibility index (Phi) is 5.15. The highest BCUT2D eigenvalue weighted by Gasteiger charge is 2.14. The first kappa shape index (κ1) is 17.1. The summed E-state index contributed by atoms with van der Waals surface area (Å²) in [5, 5.41) is 0. The molecular formula is C17H20N2O3S. The number of pyridine rings is 1. The van der Waals surface area contributed by atoms with E-state index >= 15 is 0 Å². The molecule has 0 aliphatic carbocycles.